The highest BCUT2D eigenvalue weighted by molar-refractivity contribution is 6.39. The van der Waals surface area contributed by atoms with Crippen LogP contribution in [0.2, 0.25) is 20.1 Å². The zero-order valence-corrected chi connectivity index (χ0v) is 25.0. The third-order valence-corrected chi connectivity index (χ3v) is 8.15. The number of rotatable bonds is 4. The number of phenols is 6. The molecular weight excluding hydrogens is 598 g/mol. The number of benzene rings is 4. The minimum Gasteiger partial charge on any atom is -0.508 e. The van der Waals surface area contributed by atoms with Crippen LogP contribution in [0.3, 0.4) is 0 Å². The molecule has 0 unspecified atom stereocenters. The Morgan fingerprint density at radius 2 is 0.750 bits per heavy atom. The van der Waals surface area contributed by atoms with E-state index >= 15 is 0 Å². The van der Waals surface area contributed by atoms with Gasteiger partial charge in [-0.3, -0.25) is 0 Å². The van der Waals surface area contributed by atoms with Crippen molar-refractivity contribution < 1.29 is 30.6 Å². The highest BCUT2D eigenvalue weighted by atomic mass is 35.5. The summed E-state index contributed by atoms with van der Waals surface area (Å²) in [5, 5.41) is 57.7. The molecule has 0 heterocycles. The molecule has 212 valence electrons. The van der Waals surface area contributed by atoms with Gasteiger partial charge in [-0.15, -0.1) is 0 Å². The van der Waals surface area contributed by atoms with E-state index in [4.69, 9.17) is 46.4 Å². The highest BCUT2D eigenvalue weighted by Gasteiger charge is 2.34. The standard InChI is InChI=1S/C15H12Cl4O4.C15H16O2/c1-15(2,5-3-7(16)13(22)9(18)11(5)20)6-4-8(17)14(23)10(19)12(6)21;1-15(2,11-3-7-13(16)8-4-11)12-5-9-14(17)10-6-12/h3-4,20-23H,1-2H3;3-10,16-17H,1-2H3. The van der Waals surface area contributed by atoms with Crippen molar-refractivity contribution in [3.8, 4) is 34.5 Å². The van der Waals surface area contributed by atoms with Gasteiger partial charge >= 0.3 is 0 Å². The Morgan fingerprint density at radius 1 is 0.450 bits per heavy atom. The largest absolute Gasteiger partial charge is 0.508 e. The number of aromatic hydroxyl groups is 6. The van der Waals surface area contributed by atoms with Crippen LogP contribution >= 0.6 is 46.4 Å². The summed E-state index contributed by atoms with van der Waals surface area (Å²) in [4.78, 5) is 0. The second-order valence-electron chi connectivity index (χ2n) is 10.2. The molecule has 6 N–H and O–H groups in total. The predicted molar refractivity (Wildman–Crippen MR) is 160 cm³/mol. The normalized spacial score (nSPS) is 11.6. The van der Waals surface area contributed by atoms with Crippen LogP contribution in [0.15, 0.2) is 60.7 Å². The second kappa shape index (κ2) is 11.8. The minimum atomic E-state index is -1.05. The smallest absolute Gasteiger partial charge is 0.156 e. The van der Waals surface area contributed by atoms with Gasteiger partial charge in [0.25, 0.3) is 0 Å². The Bertz CT molecular complexity index is 1420. The van der Waals surface area contributed by atoms with Gasteiger partial charge in [-0.05, 0) is 47.5 Å². The van der Waals surface area contributed by atoms with Crippen LogP contribution in [0.25, 0.3) is 0 Å². The third kappa shape index (κ3) is 6.11. The average molecular weight is 626 g/mol. The molecule has 0 aliphatic rings. The molecule has 0 amide bonds. The molecule has 0 saturated carbocycles. The molecule has 0 fully saturated rings. The molecular formula is C30H28Cl4O6. The summed E-state index contributed by atoms with van der Waals surface area (Å²) < 4.78 is 0. The van der Waals surface area contributed by atoms with E-state index in [1.165, 1.54) is 12.1 Å². The van der Waals surface area contributed by atoms with Gasteiger partial charge in [0.15, 0.2) is 11.5 Å². The van der Waals surface area contributed by atoms with Gasteiger partial charge in [0.05, 0.1) is 10.0 Å². The van der Waals surface area contributed by atoms with Crippen molar-refractivity contribution in [2.45, 2.75) is 38.5 Å². The molecule has 0 atom stereocenters. The molecule has 40 heavy (non-hydrogen) atoms. The lowest BCUT2D eigenvalue weighted by molar-refractivity contribution is 0.423. The summed E-state index contributed by atoms with van der Waals surface area (Å²) in [6.45, 7) is 7.55. The molecule has 0 aromatic heterocycles. The molecule has 0 radical (unpaired) electrons. The zero-order valence-electron chi connectivity index (χ0n) is 22.0. The first-order valence-electron chi connectivity index (χ1n) is 11.9. The molecule has 4 aromatic rings. The highest BCUT2D eigenvalue weighted by Crippen LogP contribution is 2.51. The topological polar surface area (TPSA) is 121 Å². The monoisotopic (exact) mass is 624 g/mol. The number of hydrogen-bond acceptors (Lipinski definition) is 6. The lowest BCUT2D eigenvalue weighted by Gasteiger charge is -2.29. The van der Waals surface area contributed by atoms with Gasteiger partial charge in [0.2, 0.25) is 0 Å². The molecule has 10 heteroatoms. The number of hydrogen-bond donors (Lipinski definition) is 6. The predicted octanol–water partition coefficient (Wildman–Crippen LogP) is 8.87. The van der Waals surface area contributed by atoms with E-state index in [1.54, 1.807) is 38.1 Å². The summed E-state index contributed by atoms with van der Waals surface area (Å²) >= 11 is 23.6. The van der Waals surface area contributed by atoms with E-state index < -0.39 is 28.4 Å². The van der Waals surface area contributed by atoms with Crippen LogP contribution < -0.4 is 0 Å². The molecule has 6 nitrogen and oxygen atoms in total. The van der Waals surface area contributed by atoms with Gasteiger partial charge in [0.1, 0.15) is 33.0 Å². The van der Waals surface area contributed by atoms with Crippen molar-refractivity contribution >= 4 is 46.4 Å². The Balaban J connectivity index is 0.000000230. The average Bonchev–Trinajstić information content (AvgIpc) is 2.91. The first kappa shape index (κ1) is 31.4. The quantitative estimate of drug-likeness (QED) is 0.135. The van der Waals surface area contributed by atoms with Crippen LogP contribution in [0, 0.1) is 0 Å². The Morgan fingerprint density at radius 3 is 1.05 bits per heavy atom. The van der Waals surface area contributed by atoms with E-state index in [0.29, 0.717) is 0 Å². The van der Waals surface area contributed by atoms with Crippen molar-refractivity contribution in [3.05, 3.63) is 103 Å². The molecule has 0 bridgehead atoms. The van der Waals surface area contributed by atoms with Crippen molar-refractivity contribution in [2.75, 3.05) is 0 Å². The Labute approximate surface area is 252 Å². The van der Waals surface area contributed by atoms with Crippen LogP contribution in [-0.2, 0) is 10.8 Å². The molecule has 4 rings (SSSR count). The van der Waals surface area contributed by atoms with Crippen LogP contribution in [0.5, 0.6) is 34.5 Å². The fraction of sp³-hybridized carbons (Fsp3) is 0.200. The van der Waals surface area contributed by atoms with E-state index in [2.05, 4.69) is 13.8 Å². The second-order valence-corrected chi connectivity index (χ2v) is 11.7. The van der Waals surface area contributed by atoms with E-state index in [0.717, 1.165) is 11.1 Å². The van der Waals surface area contributed by atoms with Crippen molar-refractivity contribution in [1.29, 1.82) is 0 Å². The van der Waals surface area contributed by atoms with E-state index in [-0.39, 0.29) is 48.1 Å². The van der Waals surface area contributed by atoms with Crippen LogP contribution in [-0.4, -0.2) is 30.6 Å². The summed E-state index contributed by atoms with van der Waals surface area (Å²) in [5.74, 6) is -1.13. The molecule has 0 aliphatic heterocycles. The molecule has 0 spiro atoms. The summed E-state index contributed by atoms with van der Waals surface area (Å²) in [5.41, 5.74) is 1.52. The van der Waals surface area contributed by atoms with Crippen molar-refractivity contribution in [2.24, 2.45) is 0 Å². The Kier molecular flexibility index (Phi) is 9.22. The zero-order chi connectivity index (χ0) is 30.2. The maximum absolute atomic E-state index is 10.2. The van der Waals surface area contributed by atoms with Gasteiger partial charge in [-0.1, -0.05) is 98.4 Å². The third-order valence-electron chi connectivity index (χ3n) is 6.86. The molecule has 4 aromatic carbocycles. The SMILES string of the molecule is CC(C)(c1cc(Cl)c(O)c(Cl)c1O)c1cc(Cl)c(O)c(Cl)c1O.CC(C)(c1ccc(O)cc1)c1ccc(O)cc1. The first-order chi connectivity index (χ1) is 18.5. The van der Waals surface area contributed by atoms with Crippen LogP contribution in [0.4, 0.5) is 0 Å². The first-order valence-corrected chi connectivity index (χ1v) is 13.4. The number of phenolic OH excluding ortho intramolecular Hbond substituents is 6. The lowest BCUT2D eigenvalue weighted by atomic mass is 9.77. The minimum absolute atomic E-state index is 0.0636. The van der Waals surface area contributed by atoms with Crippen LogP contribution in [0.1, 0.15) is 49.9 Å². The lowest BCUT2D eigenvalue weighted by Crippen LogP contribution is -2.19. The van der Waals surface area contributed by atoms with E-state index in [9.17, 15) is 30.6 Å². The van der Waals surface area contributed by atoms with Gasteiger partial charge in [0, 0.05) is 22.0 Å². The summed E-state index contributed by atoms with van der Waals surface area (Å²) in [6, 6.07) is 17.1. The van der Waals surface area contributed by atoms with E-state index in [1.807, 2.05) is 24.3 Å². The van der Waals surface area contributed by atoms with Gasteiger partial charge < -0.3 is 30.6 Å². The summed E-state index contributed by atoms with van der Waals surface area (Å²) in [6.07, 6.45) is 0. The summed E-state index contributed by atoms with van der Waals surface area (Å²) in [7, 11) is 0. The maximum Gasteiger partial charge on any atom is 0.156 e. The van der Waals surface area contributed by atoms with Crippen molar-refractivity contribution in [1.82, 2.24) is 0 Å². The number of halogens is 4. The fourth-order valence-electron chi connectivity index (χ4n) is 4.22. The van der Waals surface area contributed by atoms with Gasteiger partial charge in [-0.2, -0.15) is 0 Å². The van der Waals surface area contributed by atoms with Crippen molar-refractivity contribution in [3.63, 3.8) is 0 Å². The maximum atomic E-state index is 10.2. The fourth-order valence-corrected chi connectivity index (χ4v) is 5.13. The molecule has 0 aliphatic carbocycles. The molecule has 0 saturated heterocycles. The Hall–Kier alpha value is -3.16. The van der Waals surface area contributed by atoms with Gasteiger partial charge in [-0.25, -0.2) is 0 Å².